The maximum absolute atomic E-state index is 10.1. The molecule has 0 aromatic carbocycles. The molecule has 0 radical (unpaired) electrons. The highest BCUT2D eigenvalue weighted by molar-refractivity contribution is 5.79. The minimum atomic E-state index is -2.78. The molecule has 0 saturated heterocycles. The van der Waals surface area contributed by atoms with Crippen LogP contribution in [-0.2, 0) is 4.79 Å². The van der Waals surface area contributed by atoms with Gasteiger partial charge in [-0.05, 0) is 14.0 Å². The largest absolute Gasteiger partial charge is 0.478 e. The van der Waals surface area contributed by atoms with E-state index >= 15 is 0 Å². The Morgan fingerprint density at radius 2 is 2.56 bits per heavy atom. The van der Waals surface area contributed by atoms with Crippen molar-refractivity contribution in [2.75, 3.05) is 20.5 Å². The highest BCUT2D eigenvalue weighted by atomic mass is 16.4. The van der Waals surface area contributed by atoms with E-state index in [9.17, 15) is 4.79 Å². The van der Waals surface area contributed by atoms with Gasteiger partial charge in [0, 0.05) is 20.8 Å². The number of carboxylic acid groups (broad SMARTS) is 1. The summed E-state index contributed by atoms with van der Waals surface area (Å²) in [5.41, 5.74) is 0. The van der Waals surface area contributed by atoms with Crippen LogP contribution < -0.4 is 0 Å². The standard InChI is InChI=1S/C6H11NO2/c1-7(2)5-3-4-6(8)9/h3-4H,5H2,1-2H3,(H,8,9)/b4-3+/i1D3,2D3. The highest BCUT2D eigenvalue weighted by Crippen LogP contribution is 1.76. The molecule has 1 N–H and O–H groups in total. The SMILES string of the molecule is [2H]C([2H])([2H])N(C/C=C/C(=O)O)C([2H])([2H])[2H]. The first-order valence-corrected chi connectivity index (χ1v) is 2.22. The minimum Gasteiger partial charge on any atom is -0.478 e. The molecule has 3 nitrogen and oxygen atoms in total. The summed E-state index contributed by atoms with van der Waals surface area (Å²) in [6.07, 6.45) is 1.67. The summed E-state index contributed by atoms with van der Waals surface area (Å²) in [6, 6.07) is 0. The van der Waals surface area contributed by atoms with E-state index in [1.165, 1.54) is 0 Å². The van der Waals surface area contributed by atoms with Crippen molar-refractivity contribution in [3.63, 3.8) is 0 Å². The molecule has 0 aliphatic carbocycles. The van der Waals surface area contributed by atoms with Crippen LogP contribution in [0.4, 0.5) is 0 Å². The van der Waals surface area contributed by atoms with Crippen LogP contribution in [-0.4, -0.2) is 36.5 Å². The number of rotatable bonds is 3. The number of carboxylic acids is 1. The molecule has 0 rings (SSSR count). The lowest BCUT2D eigenvalue weighted by Gasteiger charge is -2.02. The summed E-state index contributed by atoms with van der Waals surface area (Å²) in [7, 11) is 0. The van der Waals surface area contributed by atoms with Crippen LogP contribution in [0.5, 0.6) is 0 Å². The van der Waals surface area contributed by atoms with Gasteiger partial charge in [0.1, 0.15) is 0 Å². The Balaban J connectivity index is 4.62. The van der Waals surface area contributed by atoms with Crippen molar-refractivity contribution in [2.24, 2.45) is 0 Å². The van der Waals surface area contributed by atoms with Crippen molar-refractivity contribution in [3.8, 4) is 0 Å². The lowest BCUT2D eigenvalue weighted by molar-refractivity contribution is -0.131. The van der Waals surface area contributed by atoms with Crippen molar-refractivity contribution < 1.29 is 18.1 Å². The Bertz CT molecular complexity index is 241. The third kappa shape index (κ3) is 7.17. The summed E-state index contributed by atoms with van der Waals surface area (Å²) in [6.45, 7) is -6.04. The van der Waals surface area contributed by atoms with E-state index < -0.39 is 26.5 Å². The second-order valence-electron chi connectivity index (χ2n) is 1.35. The van der Waals surface area contributed by atoms with Crippen molar-refractivity contribution >= 4 is 5.97 Å². The third-order valence-corrected chi connectivity index (χ3v) is 0.548. The van der Waals surface area contributed by atoms with Gasteiger partial charge in [-0.3, -0.25) is 0 Å². The average molecular weight is 135 g/mol. The smallest absolute Gasteiger partial charge is 0.328 e. The van der Waals surface area contributed by atoms with Gasteiger partial charge in [-0.1, -0.05) is 6.08 Å². The van der Waals surface area contributed by atoms with Crippen molar-refractivity contribution in [3.05, 3.63) is 12.2 Å². The predicted molar refractivity (Wildman–Crippen MR) is 35.3 cm³/mol. The molecule has 0 bridgehead atoms. The van der Waals surface area contributed by atoms with Crippen LogP contribution in [0.2, 0.25) is 0 Å². The Labute approximate surface area is 63.0 Å². The lowest BCUT2D eigenvalue weighted by Crippen LogP contribution is -2.10. The van der Waals surface area contributed by atoms with Gasteiger partial charge in [0.15, 0.2) is 0 Å². The fraction of sp³-hybridized carbons (Fsp3) is 0.500. The Morgan fingerprint density at radius 3 is 3.00 bits per heavy atom. The molecule has 0 atom stereocenters. The van der Waals surface area contributed by atoms with E-state index in [0.29, 0.717) is 6.08 Å². The van der Waals surface area contributed by atoms with E-state index in [0.717, 1.165) is 6.08 Å². The van der Waals surface area contributed by atoms with Gasteiger partial charge < -0.3 is 10.0 Å². The molecule has 0 heterocycles. The fourth-order valence-corrected chi connectivity index (χ4v) is 0.259. The van der Waals surface area contributed by atoms with Crippen molar-refractivity contribution in [1.82, 2.24) is 4.90 Å². The Kier molecular flexibility index (Phi) is 1.10. The lowest BCUT2D eigenvalue weighted by atomic mass is 10.5. The average Bonchev–Trinajstić information content (AvgIpc) is 1.92. The number of hydrogen-bond donors (Lipinski definition) is 1. The first-order valence-electron chi connectivity index (χ1n) is 5.22. The monoisotopic (exact) mass is 135 g/mol. The van der Waals surface area contributed by atoms with Gasteiger partial charge in [-0.15, -0.1) is 0 Å². The normalized spacial score (nSPS) is 23.7. The maximum Gasteiger partial charge on any atom is 0.328 e. The van der Waals surface area contributed by atoms with Crippen LogP contribution in [0.3, 0.4) is 0 Å². The number of hydrogen-bond acceptors (Lipinski definition) is 2. The molecule has 3 heteroatoms. The molecule has 9 heavy (non-hydrogen) atoms. The summed E-state index contributed by atoms with van der Waals surface area (Å²) in [5.74, 6) is -1.26. The van der Waals surface area contributed by atoms with Gasteiger partial charge in [-0.2, -0.15) is 0 Å². The first-order chi connectivity index (χ1) is 6.55. The molecular weight excluding hydrogens is 118 g/mol. The van der Waals surface area contributed by atoms with E-state index in [4.69, 9.17) is 13.3 Å². The zero-order valence-electron chi connectivity index (χ0n) is 10.7. The van der Waals surface area contributed by atoms with E-state index in [1.807, 2.05) is 0 Å². The summed E-state index contributed by atoms with van der Waals surface area (Å²) >= 11 is 0. The van der Waals surface area contributed by atoms with E-state index in [1.54, 1.807) is 0 Å². The number of nitrogens with zero attached hydrogens (tertiary/aromatic N) is 1. The second-order valence-corrected chi connectivity index (χ2v) is 1.35. The molecule has 0 amide bonds. The first kappa shape index (κ1) is 2.42. The Hall–Kier alpha value is -0.830. The highest BCUT2D eigenvalue weighted by Gasteiger charge is 1.85. The fourth-order valence-electron chi connectivity index (χ4n) is 0.259. The van der Waals surface area contributed by atoms with Crippen molar-refractivity contribution in [1.29, 1.82) is 0 Å². The van der Waals surface area contributed by atoms with E-state index in [2.05, 4.69) is 0 Å². The predicted octanol–water partition coefficient (Wildman–Crippen LogP) is 0.189. The maximum atomic E-state index is 10.1. The molecule has 52 valence electrons. The third-order valence-electron chi connectivity index (χ3n) is 0.548. The summed E-state index contributed by atoms with van der Waals surface area (Å²) < 4.78 is 41.7. The number of carbonyl (C=O) groups is 1. The zero-order valence-corrected chi connectivity index (χ0v) is 4.66. The van der Waals surface area contributed by atoms with Crippen LogP contribution in [0.25, 0.3) is 0 Å². The molecule has 0 aromatic heterocycles. The van der Waals surface area contributed by atoms with Gasteiger partial charge in [0.2, 0.25) is 0 Å². The molecule has 0 spiro atoms. The molecular formula is C6H11NO2. The molecule has 0 unspecified atom stereocenters. The molecule has 0 fully saturated rings. The minimum absolute atomic E-state index is 0.263. The summed E-state index contributed by atoms with van der Waals surface area (Å²) in [5, 5.41) is 8.25. The second kappa shape index (κ2) is 4.09. The van der Waals surface area contributed by atoms with Gasteiger partial charge in [-0.25, -0.2) is 4.79 Å². The molecule has 0 aromatic rings. The number of aliphatic carboxylic acids is 1. The Morgan fingerprint density at radius 1 is 1.89 bits per heavy atom. The molecule has 0 aliphatic rings. The van der Waals surface area contributed by atoms with Crippen LogP contribution in [0, 0.1) is 0 Å². The quantitative estimate of drug-likeness (QED) is 0.561. The molecule has 0 aliphatic heterocycles. The van der Waals surface area contributed by atoms with E-state index in [-0.39, 0.29) is 4.90 Å². The number of likely N-dealkylation sites (N-methyl/N-ethyl adjacent to an activating group) is 1. The van der Waals surface area contributed by atoms with Crippen molar-refractivity contribution in [2.45, 2.75) is 0 Å². The van der Waals surface area contributed by atoms with Crippen LogP contribution in [0.1, 0.15) is 8.22 Å². The zero-order chi connectivity index (χ0) is 12.3. The van der Waals surface area contributed by atoms with Gasteiger partial charge >= 0.3 is 5.97 Å². The van der Waals surface area contributed by atoms with Gasteiger partial charge in [0.05, 0.1) is 0 Å². The van der Waals surface area contributed by atoms with Crippen LogP contribution in [0.15, 0.2) is 12.2 Å². The summed E-state index contributed by atoms with van der Waals surface area (Å²) in [4.78, 5) is 10.4. The van der Waals surface area contributed by atoms with Crippen LogP contribution >= 0.6 is 0 Å². The van der Waals surface area contributed by atoms with Gasteiger partial charge in [0.25, 0.3) is 0 Å². The molecule has 0 saturated carbocycles. The topological polar surface area (TPSA) is 40.5 Å².